The van der Waals surface area contributed by atoms with E-state index in [-0.39, 0.29) is 5.75 Å². The maximum atomic E-state index is 10.8. The van der Waals surface area contributed by atoms with Gasteiger partial charge in [0.15, 0.2) is 0 Å². The number of rotatable bonds is 11. The lowest BCUT2D eigenvalue weighted by Gasteiger charge is -2.05. The SMILES string of the molecule is COCCCOCCNCCCS(C)(=O)=O. The maximum absolute atomic E-state index is 10.8. The molecule has 16 heavy (non-hydrogen) atoms. The van der Waals surface area contributed by atoms with E-state index in [1.54, 1.807) is 7.11 Å². The normalized spacial score (nSPS) is 11.9. The summed E-state index contributed by atoms with van der Waals surface area (Å²) in [6.07, 6.45) is 2.82. The molecule has 0 bridgehead atoms. The molecule has 0 amide bonds. The number of nitrogens with one attached hydrogen (secondary N) is 1. The highest BCUT2D eigenvalue weighted by molar-refractivity contribution is 7.90. The molecule has 0 spiro atoms. The molecule has 5 nitrogen and oxygen atoms in total. The monoisotopic (exact) mass is 253 g/mol. The van der Waals surface area contributed by atoms with E-state index >= 15 is 0 Å². The topological polar surface area (TPSA) is 64.6 Å². The number of methoxy groups -OCH3 is 1. The average molecular weight is 253 g/mol. The molecule has 0 heterocycles. The van der Waals surface area contributed by atoms with Crippen LogP contribution >= 0.6 is 0 Å². The first kappa shape index (κ1) is 15.8. The fourth-order valence-electron chi connectivity index (χ4n) is 1.14. The molecule has 0 aromatic heterocycles. The summed E-state index contributed by atoms with van der Waals surface area (Å²) in [5.41, 5.74) is 0. The fraction of sp³-hybridized carbons (Fsp3) is 1.00. The molecule has 0 fully saturated rings. The van der Waals surface area contributed by atoms with E-state index in [0.717, 1.165) is 19.6 Å². The molecule has 0 aromatic carbocycles. The van der Waals surface area contributed by atoms with E-state index in [0.29, 0.717) is 26.2 Å². The Labute approximate surface area is 98.4 Å². The summed E-state index contributed by atoms with van der Waals surface area (Å²) in [7, 11) is -1.15. The summed E-state index contributed by atoms with van der Waals surface area (Å²) in [6, 6.07) is 0. The zero-order valence-corrected chi connectivity index (χ0v) is 11.0. The van der Waals surface area contributed by atoms with Gasteiger partial charge in [0.2, 0.25) is 0 Å². The fourth-order valence-corrected chi connectivity index (χ4v) is 1.80. The molecule has 0 aliphatic rings. The van der Waals surface area contributed by atoms with Crippen LogP contribution in [0.15, 0.2) is 0 Å². The Morgan fingerprint density at radius 2 is 1.81 bits per heavy atom. The Morgan fingerprint density at radius 1 is 1.06 bits per heavy atom. The van der Waals surface area contributed by atoms with E-state index in [1.165, 1.54) is 6.26 Å². The first-order valence-electron chi connectivity index (χ1n) is 5.51. The van der Waals surface area contributed by atoms with Gasteiger partial charge in [0.1, 0.15) is 9.84 Å². The van der Waals surface area contributed by atoms with Crippen LogP contribution in [0.5, 0.6) is 0 Å². The molecular weight excluding hydrogens is 230 g/mol. The van der Waals surface area contributed by atoms with Crippen LogP contribution in [0.1, 0.15) is 12.8 Å². The van der Waals surface area contributed by atoms with Crippen molar-refractivity contribution in [3.8, 4) is 0 Å². The molecule has 6 heteroatoms. The van der Waals surface area contributed by atoms with Gasteiger partial charge in [0.25, 0.3) is 0 Å². The summed E-state index contributed by atoms with van der Waals surface area (Å²) >= 11 is 0. The predicted molar refractivity (Wildman–Crippen MR) is 64.5 cm³/mol. The van der Waals surface area contributed by atoms with Gasteiger partial charge in [-0.3, -0.25) is 0 Å². The van der Waals surface area contributed by atoms with Gasteiger partial charge in [-0.05, 0) is 19.4 Å². The molecule has 0 saturated heterocycles. The maximum Gasteiger partial charge on any atom is 0.147 e. The van der Waals surface area contributed by atoms with E-state index in [2.05, 4.69) is 5.32 Å². The molecule has 0 aliphatic heterocycles. The van der Waals surface area contributed by atoms with E-state index in [9.17, 15) is 8.42 Å². The number of hydrogen-bond donors (Lipinski definition) is 1. The third-order valence-electron chi connectivity index (χ3n) is 1.93. The summed E-state index contributed by atoms with van der Waals surface area (Å²) in [4.78, 5) is 0. The molecule has 0 rings (SSSR count). The molecular formula is C10H23NO4S. The highest BCUT2D eigenvalue weighted by Crippen LogP contribution is 1.87. The molecule has 98 valence electrons. The lowest BCUT2D eigenvalue weighted by atomic mass is 10.4. The van der Waals surface area contributed by atoms with Crippen LogP contribution in [-0.4, -0.2) is 60.4 Å². The van der Waals surface area contributed by atoms with Crippen molar-refractivity contribution in [2.24, 2.45) is 0 Å². The predicted octanol–water partition coefficient (Wildman–Crippen LogP) is 0.0638. The van der Waals surface area contributed by atoms with Crippen molar-refractivity contribution < 1.29 is 17.9 Å². The van der Waals surface area contributed by atoms with Crippen molar-refractivity contribution in [2.45, 2.75) is 12.8 Å². The Balaban J connectivity index is 3.05. The Bertz CT molecular complexity index is 241. The smallest absolute Gasteiger partial charge is 0.147 e. The second kappa shape index (κ2) is 10.0. The first-order chi connectivity index (χ1) is 7.56. The van der Waals surface area contributed by atoms with Crippen molar-refractivity contribution in [3.63, 3.8) is 0 Å². The van der Waals surface area contributed by atoms with Crippen LogP contribution in [0.3, 0.4) is 0 Å². The van der Waals surface area contributed by atoms with E-state index < -0.39 is 9.84 Å². The second-order valence-electron chi connectivity index (χ2n) is 3.69. The lowest BCUT2D eigenvalue weighted by Crippen LogP contribution is -2.22. The van der Waals surface area contributed by atoms with Gasteiger partial charge >= 0.3 is 0 Å². The quantitative estimate of drug-likeness (QED) is 0.528. The molecule has 0 aromatic rings. The lowest BCUT2D eigenvalue weighted by molar-refractivity contribution is 0.104. The summed E-state index contributed by atoms with van der Waals surface area (Å²) in [5, 5.41) is 3.13. The molecule has 0 radical (unpaired) electrons. The first-order valence-corrected chi connectivity index (χ1v) is 7.57. The van der Waals surface area contributed by atoms with Crippen LogP contribution in [0.4, 0.5) is 0 Å². The minimum Gasteiger partial charge on any atom is -0.385 e. The highest BCUT2D eigenvalue weighted by atomic mass is 32.2. The van der Waals surface area contributed by atoms with Crippen LogP contribution in [0, 0.1) is 0 Å². The third-order valence-corrected chi connectivity index (χ3v) is 2.96. The summed E-state index contributed by atoms with van der Waals surface area (Å²) in [5.74, 6) is 0.245. The Hall–Kier alpha value is -0.170. The van der Waals surface area contributed by atoms with Crippen LogP contribution in [0.2, 0.25) is 0 Å². The Kier molecular flexibility index (Phi) is 9.91. The Morgan fingerprint density at radius 3 is 2.44 bits per heavy atom. The molecule has 1 N–H and O–H groups in total. The summed E-state index contributed by atoms with van der Waals surface area (Å²) in [6.45, 7) is 3.56. The standard InChI is InChI=1S/C10H23NO4S/c1-14-7-4-8-15-9-6-11-5-3-10-16(2,12)13/h11H,3-10H2,1-2H3. The van der Waals surface area contributed by atoms with Gasteiger partial charge in [0.05, 0.1) is 12.4 Å². The zero-order chi connectivity index (χ0) is 12.3. The van der Waals surface area contributed by atoms with Crippen molar-refractivity contribution in [1.29, 1.82) is 0 Å². The zero-order valence-electron chi connectivity index (χ0n) is 10.2. The van der Waals surface area contributed by atoms with Crippen molar-refractivity contribution >= 4 is 9.84 Å². The van der Waals surface area contributed by atoms with Gasteiger partial charge < -0.3 is 14.8 Å². The minimum atomic E-state index is -2.82. The van der Waals surface area contributed by atoms with Crippen molar-refractivity contribution in [3.05, 3.63) is 0 Å². The van der Waals surface area contributed by atoms with Gasteiger partial charge in [0, 0.05) is 33.1 Å². The molecule has 0 aliphatic carbocycles. The molecule has 0 atom stereocenters. The highest BCUT2D eigenvalue weighted by Gasteiger charge is 2.00. The van der Waals surface area contributed by atoms with Crippen molar-refractivity contribution in [1.82, 2.24) is 5.32 Å². The van der Waals surface area contributed by atoms with Crippen molar-refractivity contribution in [2.75, 3.05) is 52.0 Å². The van der Waals surface area contributed by atoms with Gasteiger partial charge in [-0.2, -0.15) is 0 Å². The molecule has 0 unspecified atom stereocenters. The minimum absolute atomic E-state index is 0.245. The largest absolute Gasteiger partial charge is 0.385 e. The second-order valence-corrected chi connectivity index (χ2v) is 5.95. The summed E-state index contributed by atoms with van der Waals surface area (Å²) < 4.78 is 31.8. The third kappa shape index (κ3) is 13.8. The van der Waals surface area contributed by atoms with Crippen LogP contribution < -0.4 is 5.32 Å². The van der Waals surface area contributed by atoms with Crippen LogP contribution in [0.25, 0.3) is 0 Å². The number of hydrogen-bond acceptors (Lipinski definition) is 5. The number of sulfone groups is 1. The van der Waals surface area contributed by atoms with Gasteiger partial charge in [-0.1, -0.05) is 0 Å². The van der Waals surface area contributed by atoms with Crippen LogP contribution in [-0.2, 0) is 19.3 Å². The number of ether oxygens (including phenoxy) is 2. The average Bonchev–Trinajstić information content (AvgIpc) is 2.19. The molecule has 0 saturated carbocycles. The van der Waals surface area contributed by atoms with E-state index in [1.807, 2.05) is 0 Å². The van der Waals surface area contributed by atoms with E-state index in [4.69, 9.17) is 9.47 Å². The van der Waals surface area contributed by atoms with Gasteiger partial charge in [-0.25, -0.2) is 8.42 Å². The van der Waals surface area contributed by atoms with Gasteiger partial charge in [-0.15, -0.1) is 0 Å².